The van der Waals surface area contributed by atoms with Crippen molar-refractivity contribution in [2.24, 2.45) is 0 Å². The van der Waals surface area contributed by atoms with E-state index in [1.165, 1.54) is 4.90 Å². The first-order chi connectivity index (χ1) is 14.0. The van der Waals surface area contributed by atoms with Crippen LogP contribution in [0.4, 0.5) is 26.3 Å². The minimum Gasteiger partial charge on any atom is -0.468 e. The standard InChI is InChI=1S/C20H20F6N2O2/c21-19(22,23)15-5-4-14(17(12-15)20(24,25)26)11-18(29)28-7-2-6-27(8-9-28)13-16-3-1-10-30-16/h1,3-5,10,12H,2,6-9,11,13H2. The Bertz CT molecular complexity index is 861. The van der Waals surface area contributed by atoms with Crippen molar-refractivity contribution < 1.29 is 35.6 Å². The number of nitrogens with zero attached hydrogens (tertiary/aromatic N) is 2. The molecule has 30 heavy (non-hydrogen) atoms. The minimum absolute atomic E-state index is 0.0656. The molecular weight excluding hydrogens is 414 g/mol. The van der Waals surface area contributed by atoms with Crippen molar-refractivity contribution in [3.8, 4) is 0 Å². The highest BCUT2D eigenvalue weighted by Gasteiger charge is 2.38. The molecule has 1 aliphatic heterocycles. The van der Waals surface area contributed by atoms with Crippen LogP contribution in [0.15, 0.2) is 41.0 Å². The molecular formula is C20H20F6N2O2. The molecule has 0 radical (unpaired) electrons. The average Bonchev–Trinajstić information content (AvgIpc) is 3.04. The molecule has 2 heterocycles. The van der Waals surface area contributed by atoms with E-state index in [0.717, 1.165) is 11.8 Å². The van der Waals surface area contributed by atoms with Crippen LogP contribution in [0.5, 0.6) is 0 Å². The second-order valence-corrected chi connectivity index (χ2v) is 7.13. The van der Waals surface area contributed by atoms with Crippen LogP contribution in [0.1, 0.15) is 28.9 Å². The van der Waals surface area contributed by atoms with Crippen molar-refractivity contribution >= 4 is 5.91 Å². The lowest BCUT2D eigenvalue weighted by atomic mass is 10.00. The summed E-state index contributed by atoms with van der Waals surface area (Å²) in [5, 5.41) is 0. The molecule has 0 bridgehead atoms. The summed E-state index contributed by atoms with van der Waals surface area (Å²) in [6, 6.07) is 4.98. The van der Waals surface area contributed by atoms with Gasteiger partial charge < -0.3 is 9.32 Å². The van der Waals surface area contributed by atoms with Gasteiger partial charge in [-0.1, -0.05) is 6.07 Å². The molecule has 1 amide bonds. The smallest absolute Gasteiger partial charge is 0.416 e. The topological polar surface area (TPSA) is 36.7 Å². The van der Waals surface area contributed by atoms with Gasteiger partial charge in [0.1, 0.15) is 5.76 Å². The predicted molar refractivity (Wildman–Crippen MR) is 95.3 cm³/mol. The quantitative estimate of drug-likeness (QED) is 0.661. The molecule has 1 aromatic heterocycles. The number of halogens is 6. The molecule has 2 aromatic rings. The van der Waals surface area contributed by atoms with Crippen LogP contribution in [-0.2, 0) is 30.1 Å². The molecule has 1 aromatic carbocycles. The number of hydrogen-bond acceptors (Lipinski definition) is 3. The van der Waals surface area contributed by atoms with E-state index in [4.69, 9.17) is 4.42 Å². The van der Waals surface area contributed by atoms with Crippen LogP contribution in [-0.4, -0.2) is 41.9 Å². The van der Waals surface area contributed by atoms with Gasteiger partial charge in [-0.3, -0.25) is 9.69 Å². The number of rotatable bonds is 4. The highest BCUT2D eigenvalue weighted by Crippen LogP contribution is 2.37. The second-order valence-electron chi connectivity index (χ2n) is 7.13. The normalized spacial score (nSPS) is 16.5. The van der Waals surface area contributed by atoms with Gasteiger partial charge in [0.15, 0.2) is 0 Å². The third-order valence-corrected chi connectivity index (χ3v) is 4.99. The molecule has 1 fully saturated rings. The maximum absolute atomic E-state index is 13.3. The largest absolute Gasteiger partial charge is 0.468 e. The first-order valence-electron chi connectivity index (χ1n) is 9.34. The van der Waals surface area contributed by atoms with Gasteiger partial charge in [-0.15, -0.1) is 0 Å². The molecule has 0 spiro atoms. The lowest BCUT2D eigenvalue weighted by molar-refractivity contribution is -0.143. The van der Waals surface area contributed by atoms with E-state index in [2.05, 4.69) is 4.90 Å². The maximum atomic E-state index is 13.3. The highest BCUT2D eigenvalue weighted by atomic mass is 19.4. The zero-order valence-corrected chi connectivity index (χ0v) is 15.9. The fourth-order valence-electron chi connectivity index (χ4n) is 3.45. The maximum Gasteiger partial charge on any atom is 0.416 e. The number of furan rings is 1. The molecule has 3 rings (SSSR count). The number of amides is 1. The van der Waals surface area contributed by atoms with Gasteiger partial charge in [0, 0.05) is 26.2 Å². The molecule has 0 aliphatic carbocycles. The van der Waals surface area contributed by atoms with Crippen molar-refractivity contribution in [2.45, 2.75) is 31.7 Å². The molecule has 1 aliphatic rings. The van der Waals surface area contributed by atoms with E-state index in [9.17, 15) is 31.1 Å². The van der Waals surface area contributed by atoms with Crippen molar-refractivity contribution in [1.82, 2.24) is 9.80 Å². The summed E-state index contributed by atoms with van der Waals surface area (Å²) in [7, 11) is 0. The molecule has 10 heteroatoms. The summed E-state index contributed by atoms with van der Waals surface area (Å²) < 4.78 is 83.6. The third-order valence-electron chi connectivity index (χ3n) is 4.99. The molecule has 0 atom stereocenters. The molecule has 164 valence electrons. The lowest BCUT2D eigenvalue weighted by Gasteiger charge is -2.23. The number of carbonyl (C=O) groups excluding carboxylic acids is 1. The van der Waals surface area contributed by atoms with E-state index >= 15 is 0 Å². The van der Waals surface area contributed by atoms with Crippen molar-refractivity contribution in [3.05, 3.63) is 59.0 Å². The molecule has 0 saturated carbocycles. The Hall–Kier alpha value is -2.49. The Morgan fingerprint density at radius 2 is 1.73 bits per heavy atom. The van der Waals surface area contributed by atoms with Gasteiger partial charge in [-0.25, -0.2) is 0 Å². The van der Waals surface area contributed by atoms with Gasteiger partial charge in [-0.2, -0.15) is 26.3 Å². The first kappa shape index (κ1) is 22.2. The van der Waals surface area contributed by atoms with Gasteiger partial charge in [-0.05, 0) is 36.2 Å². The lowest BCUT2D eigenvalue weighted by Crippen LogP contribution is -2.36. The van der Waals surface area contributed by atoms with Crippen LogP contribution in [0.25, 0.3) is 0 Å². The Balaban J connectivity index is 1.69. The van der Waals surface area contributed by atoms with Crippen LogP contribution < -0.4 is 0 Å². The molecule has 0 N–H and O–H groups in total. The summed E-state index contributed by atoms with van der Waals surface area (Å²) in [6.07, 6.45) is -8.30. The van der Waals surface area contributed by atoms with Crippen LogP contribution in [0.3, 0.4) is 0 Å². The minimum atomic E-state index is -4.99. The Kier molecular flexibility index (Phi) is 6.44. The van der Waals surface area contributed by atoms with E-state index in [-0.39, 0.29) is 6.07 Å². The van der Waals surface area contributed by atoms with Gasteiger partial charge in [0.05, 0.1) is 30.4 Å². The van der Waals surface area contributed by atoms with Crippen LogP contribution >= 0.6 is 0 Å². The Morgan fingerprint density at radius 1 is 0.967 bits per heavy atom. The third kappa shape index (κ3) is 5.56. The van der Waals surface area contributed by atoms with Crippen LogP contribution in [0.2, 0.25) is 0 Å². The van der Waals surface area contributed by atoms with Crippen molar-refractivity contribution in [1.29, 1.82) is 0 Å². The highest BCUT2D eigenvalue weighted by molar-refractivity contribution is 5.79. The summed E-state index contributed by atoms with van der Waals surface area (Å²) in [5.41, 5.74) is -3.29. The number of hydrogen-bond donors (Lipinski definition) is 0. The number of benzene rings is 1. The molecule has 0 unspecified atom stereocenters. The Labute approximate surface area is 169 Å². The van der Waals surface area contributed by atoms with E-state index in [1.54, 1.807) is 12.3 Å². The zero-order valence-electron chi connectivity index (χ0n) is 15.9. The van der Waals surface area contributed by atoms with Crippen LogP contribution in [0, 0.1) is 0 Å². The second kappa shape index (κ2) is 8.71. The average molecular weight is 434 g/mol. The Morgan fingerprint density at radius 3 is 2.37 bits per heavy atom. The van der Waals surface area contributed by atoms with Crippen molar-refractivity contribution in [2.75, 3.05) is 26.2 Å². The summed E-state index contributed by atoms with van der Waals surface area (Å²) in [5.74, 6) is 0.231. The number of carbonyl (C=O) groups is 1. The van der Waals surface area contributed by atoms with E-state index in [1.807, 2.05) is 6.07 Å². The van der Waals surface area contributed by atoms with Crippen molar-refractivity contribution in [3.63, 3.8) is 0 Å². The fourth-order valence-corrected chi connectivity index (χ4v) is 3.45. The SMILES string of the molecule is O=C(Cc1ccc(C(F)(F)F)cc1C(F)(F)F)N1CCCN(Cc2ccco2)CC1. The van der Waals surface area contributed by atoms with Gasteiger partial charge in [0.25, 0.3) is 0 Å². The molecule has 4 nitrogen and oxygen atoms in total. The predicted octanol–water partition coefficient (Wildman–Crippen LogP) is 4.59. The number of alkyl halides is 6. The monoisotopic (exact) mass is 434 g/mol. The van der Waals surface area contributed by atoms with Gasteiger partial charge >= 0.3 is 12.4 Å². The zero-order chi connectivity index (χ0) is 21.9. The molecule has 1 saturated heterocycles. The summed E-state index contributed by atoms with van der Waals surface area (Å²) in [6.45, 7) is 2.47. The van der Waals surface area contributed by atoms with Gasteiger partial charge in [0.2, 0.25) is 5.91 Å². The summed E-state index contributed by atoms with van der Waals surface area (Å²) in [4.78, 5) is 16.1. The first-order valence-corrected chi connectivity index (χ1v) is 9.34. The summed E-state index contributed by atoms with van der Waals surface area (Å²) >= 11 is 0. The van der Waals surface area contributed by atoms with E-state index < -0.39 is 41.4 Å². The fraction of sp³-hybridized carbons (Fsp3) is 0.450. The van der Waals surface area contributed by atoms with E-state index in [0.29, 0.717) is 45.2 Å².